The van der Waals surface area contributed by atoms with Crippen molar-refractivity contribution in [2.45, 2.75) is 6.92 Å². The Morgan fingerprint density at radius 3 is 3.05 bits per heavy atom. The molecule has 7 heteroatoms. The molecular weight excluding hydrogens is 258 g/mol. The number of carbonyl (C=O) groups is 1. The Morgan fingerprint density at radius 1 is 1.40 bits per heavy atom. The van der Waals surface area contributed by atoms with Gasteiger partial charge in [0.15, 0.2) is 5.78 Å². The van der Waals surface area contributed by atoms with Gasteiger partial charge in [-0.05, 0) is 25.1 Å². The summed E-state index contributed by atoms with van der Waals surface area (Å²) in [5, 5.41) is 7.70. The Morgan fingerprint density at radius 2 is 2.25 bits per heavy atom. The summed E-state index contributed by atoms with van der Waals surface area (Å²) in [6.07, 6.45) is 4.81. The molecule has 0 amide bonds. The number of Topliss-reactive ketones (excluding diaryl/α,β-unsaturated/α-hetero) is 1. The predicted octanol–water partition coefficient (Wildman–Crippen LogP) is 1.70. The van der Waals surface area contributed by atoms with E-state index < -0.39 is 0 Å². The Kier molecular flexibility index (Phi) is 2.79. The molecule has 1 aromatic carbocycles. The number of hydrogen-bond donors (Lipinski definition) is 1. The molecule has 3 aromatic rings. The van der Waals surface area contributed by atoms with Crippen LogP contribution >= 0.6 is 0 Å². The molecular formula is C13H11N5O2. The number of nitrogen functional groups attached to an aromatic ring is 1. The second-order valence-corrected chi connectivity index (χ2v) is 4.21. The topological polar surface area (TPSA) is 95.4 Å². The lowest BCUT2D eigenvalue weighted by Crippen LogP contribution is -2.01. The lowest BCUT2D eigenvalue weighted by atomic mass is 10.1. The first-order valence-corrected chi connectivity index (χ1v) is 5.88. The van der Waals surface area contributed by atoms with Gasteiger partial charge in [0.2, 0.25) is 5.65 Å². The van der Waals surface area contributed by atoms with Crippen molar-refractivity contribution in [2.24, 2.45) is 0 Å². The normalized spacial score (nSPS) is 10.7. The number of ketones is 1. The van der Waals surface area contributed by atoms with Crippen LogP contribution in [0, 0.1) is 0 Å². The van der Waals surface area contributed by atoms with Gasteiger partial charge in [-0.2, -0.15) is 0 Å². The fourth-order valence-electron chi connectivity index (χ4n) is 1.82. The zero-order valence-electron chi connectivity index (χ0n) is 10.6. The molecule has 100 valence electrons. The molecule has 0 saturated heterocycles. The summed E-state index contributed by atoms with van der Waals surface area (Å²) >= 11 is 0. The van der Waals surface area contributed by atoms with Crippen LogP contribution in [-0.4, -0.2) is 25.4 Å². The number of rotatable bonds is 3. The second-order valence-electron chi connectivity index (χ2n) is 4.21. The number of fused-ring (bicyclic) bond motifs is 1. The van der Waals surface area contributed by atoms with E-state index in [4.69, 9.17) is 10.5 Å². The maximum atomic E-state index is 11.6. The van der Waals surface area contributed by atoms with Crippen LogP contribution in [0.5, 0.6) is 11.6 Å². The first-order valence-electron chi connectivity index (χ1n) is 5.88. The van der Waals surface area contributed by atoms with Gasteiger partial charge in [0.25, 0.3) is 5.88 Å². The van der Waals surface area contributed by atoms with Crippen molar-refractivity contribution in [2.75, 3.05) is 5.73 Å². The molecule has 0 radical (unpaired) electrons. The minimum atomic E-state index is -0.138. The summed E-state index contributed by atoms with van der Waals surface area (Å²) < 4.78 is 7.36. The van der Waals surface area contributed by atoms with Crippen molar-refractivity contribution in [3.05, 3.63) is 42.5 Å². The van der Waals surface area contributed by atoms with Crippen molar-refractivity contribution in [1.82, 2.24) is 19.6 Å². The van der Waals surface area contributed by atoms with E-state index >= 15 is 0 Å². The minimum absolute atomic E-state index is 0.138. The zero-order valence-corrected chi connectivity index (χ0v) is 10.6. The highest BCUT2D eigenvalue weighted by Gasteiger charge is 2.13. The number of benzene rings is 1. The van der Waals surface area contributed by atoms with Gasteiger partial charge in [0.05, 0.1) is 5.56 Å². The van der Waals surface area contributed by atoms with Gasteiger partial charge >= 0.3 is 0 Å². The van der Waals surface area contributed by atoms with Crippen LogP contribution in [0.2, 0.25) is 0 Å². The average molecular weight is 269 g/mol. The first kappa shape index (κ1) is 12.1. The van der Waals surface area contributed by atoms with Crippen molar-refractivity contribution in [3.8, 4) is 11.6 Å². The van der Waals surface area contributed by atoms with Crippen LogP contribution in [0.15, 0.2) is 36.9 Å². The quantitative estimate of drug-likeness (QED) is 0.574. The molecule has 0 aliphatic heterocycles. The first-order chi connectivity index (χ1) is 9.65. The minimum Gasteiger partial charge on any atom is -0.435 e. The van der Waals surface area contributed by atoms with Gasteiger partial charge in [-0.3, -0.25) is 9.20 Å². The molecule has 20 heavy (non-hydrogen) atoms. The summed E-state index contributed by atoms with van der Waals surface area (Å²) in [5.74, 6) is 0.522. The number of nitrogens with zero attached hydrogens (tertiary/aromatic N) is 4. The van der Waals surface area contributed by atoms with Gasteiger partial charge in [0, 0.05) is 18.1 Å². The van der Waals surface area contributed by atoms with Gasteiger partial charge in [-0.25, -0.2) is 4.98 Å². The number of nitrogens with two attached hydrogens (primary N) is 1. The molecule has 7 nitrogen and oxygen atoms in total. The van der Waals surface area contributed by atoms with E-state index in [1.165, 1.54) is 6.92 Å². The molecule has 2 aromatic heterocycles. The molecule has 0 saturated carbocycles. The van der Waals surface area contributed by atoms with E-state index in [2.05, 4.69) is 15.2 Å². The molecule has 2 N–H and O–H groups in total. The standard InChI is InChI=1S/C13H11N5O2/c1-8(19)10-6-9(14)2-3-11(10)20-13-12-17-16-7-18(12)5-4-15-13/h2-7H,14H2,1H3. The summed E-state index contributed by atoms with van der Waals surface area (Å²) in [7, 11) is 0. The molecule has 2 heterocycles. The van der Waals surface area contributed by atoms with Crippen LogP contribution in [0.1, 0.15) is 17.3 Å². The Labute approximate surface area is 114 Å². The van der Waals surface area contributed by atoms with Crippen LogP contribution in [0.3, 0.4) is 0 Å². The van der Waals surface area contributed by atoms with E-state index in [1.54, 1.807) is 41.3 Å². The number of ether oxygens (including phenoxy) is 1. The lowest BCUT2D eigenvalue weighted by Gasteiger charge is -2.09. The Bertz CT molecular complexity index is 796. The Hall–Kier alpha value is -2.96. The molecule has 0 fully saturated rings. The fourth-order valence-corrected chi connectivity index (χ4v) is 1.82. The highest BCUT2D eigenvalue weighted by Crippen LogP contribution is 2.27. The van der Waals surface area contributed by atoms with Crippen LogP contribution in [0.25, 0.3) is 5.65 Å². The van der Waals surface area contributed by atoms with Gasteiger partial charge in [-0.15, -0.1) is 10.2 Å². The average Bonchev–Trinajstić information content (AvgIpc) is 2.90. The highest BCUT2D eigenvalue weighted by molar-refractivity contribution is 5.97. The second kappa shape index (κ2) is 4.61. The maximum Gasteiger partial charge on any atom is 0.265 e. The molecule has 0 atom stereocenters. The number of hydrogen-bond acceptors (Lipinski definition) is 6. The van der Waals surface area contributed by atoms with Crippen molar-refractivity contribution in [1.29, 1.82) is 0 Å². The van der Waals surface area contributed by atoms with Gasteiger partial charge in [-0.1, -0.05) is 0 Å². The number of aromatic nitrogens is 4. The molecule has 0 spiro atoms. The monoisotopic (exact) mass is 269 g/mol. The van der Waals surface area contributed by atoms with E-state index in [1.807, 2.05) is 0 Å². The fraction of sp³-hybridized carbons (Fsp3) is 0.0769. The van der Waals surface area contributed by atoms with E-state index in [-0.39, 0.29) is 11.7 Å². The third-order valence-electron chi connectivity index (χ3n) is 2.77. The molecule has 0 aliphatic rings. The van der Waals surface area contributed by atoms with E-state index in [0.717, 1.165) is 0 Å². The van der Waals surface area contributed by atoms with E-state index in [9.17, 15) is 4.79 Å². The summed E-state index contributed by atoms with van der Waals surface area (Å²) in [5.41, 5.74) is 7.05. The van der Waals surface area contributed by atoms with Crippen molar-refractivity contribution >= 4 is 17.1 Å². The van der Waals surface area contributed by atoms with Crippen LogP contribution in [-0.2, 0) is 0 Å². The molecule has 0 aliphatic carbocycles. The summed E-state index contributed by atoms with van der Waals surface area (Å²) in [4.78, 5) is 15.7. The SMILES string of the molecule is CC(=O)c1cc(N)ccc1Oc1nccn2cnnc12. The molecule has 0 bridgehead atoms. The largest absolute Gasteiger partial charge is 0.435 e. The third-order valence-corrected chi connectivity index (χ3v) is 2.77. The van der Waals surface area contributed by atoms with Crippen LogP contribution < -0.4 is 10.5 Å². The van der Waals surface area contributed by atoms with Crippen molar-refractivity contribution < 1.29 is 9.53 Å². The maximum absolute atomic E-state index is 11.6. The van der Waals surface area contributed by atoms with Gasteiger partial charge in [0.1, 0.15) is 12.1 Å². The summed E-state index contributed by atoms with van der Waals surface area (Å²) in [6, 6.07) is 4.86. The lowest BCUT2D eigenvalue weighted by molar-refractivity contribution is 0.101. The van der Waals surface area contributed by atoms with Crippen molar-refractivity contribution in [3.63, 3.8) is 0 Å². The number of carbonyl (C=O) groups excluding carboxylic acids is 1. The van der Waals surface area contributed by atoms with Crippen LogP contribution in [0.4, 0.5) is 5.69 Å². The third kappa shape index (κ3) is 2.05. The number of anilines is 1. The zero-order chi connectivity index (χ0) is 14.1. The summed E-state index contributed by atoms with van der Waals surface area (Å²) in [6.45, 7) is 1.45. The highest BCUT2D eigenvalue weighted by atomic mass is 16.5. The smallest absolute Gasteiger partial charge is 0.265 e. The predicted molar refractivity (Wildman–Crippen MR) is 71.7 cm³/mol. The van der Waals surface area contributed by atoms with Gasteiger partial charge < -0.3 is 10.5 Å². The van der Waals surface area contributed by atoms with E-state index in [0.29, 0.717) is 22.6 Å². The molecule has 3 rings (SSSR count). The molecule has 0 unspecified atom stereocenters. The Balaban J connectivity index is 2.07.